The van der Waals surface area contributed by atoms with Crippen LogP contribution in [-0.4, -0.2) is 26.6 Å². The van der Waals surface area contributed by atoms with E-state index in [1.54, 1.807) is 18.2 Å². The Morgan fingerprint density at radius 1 is 1.11 bits per heavy atom. The number of amides is 1. The van der Waals surface area contributed by atoms with E-state index in [0.717, 1.165) is 19.3 Å². The summed E-state index contributed by atoms with van der Waals surface area (Å²) in [6.07, 6.45) is 7.54. The number of halogens is 1. The first-order chi connectivity index (χ1) is 12.8. The number of hydrogen-bond acceptors (Lipinski definition) is 3. The van der Waals surface area contributed by atoms with Crippen LogP contribution in [0.1, 0.15) is 44.9 Å². The highest BCUT2D eigenvalue weighted by Crippen LogP contribution is 2.60. The molecule has 7 heteroatoms. The van der Waals surface area contributed by atoms with Crippen LogP contribution in [0.3, 0.4) is 0 Å². The molecular formula is C20H25ClN2O3S. The lowest BCUT2D eigenvalue weighted by Gasteiger charge is -2.55. The van der Waals surface area contributed by atoms with Crippen LogP contribution in [0.5, 0.6) is 0 Å². The lowest BCUT2D eigenvalue weighted by molar-refractivity contribution is -0.140. The Kier molecular flexibility index (Phi) is 4.03. The molecule has 0 radical (unpaired) electrons. The Morgan fingerprint density at radius 2 is 1.74 bits per heavy atom. The Bertz CT molecular complexity index is 863. The molecule has 1 aliphatic heterocycles. The zero-order chi connectivity index (χ0) is 18.8. The van der Waals surface area contributed by atoms with Crippen molar-refractivity contribution in [1.29, 1.82) is 0 Å². The molecule has 1 aromatic rings. The van der Waals surface area contributed by atoms with Crippen LogP contribution < -0.4 is 9.62 Å². The molecule has 5 fully saturated rings. The third kappa shape index (κ3) is 2.96. The highest BCUT2D eigenvalue weighted by Gasteiger charge is 2.54. The number of rotatable bonds is 3. The zero-order valence-corrected chi connectivity index (χ0v) is 16.9. The summed E-state index contributed by atoms with van der Waals surface area (Å²) >= 11 is 6.42. The molecule has 4 aliphatic carbocycles. The fraction of sp³-hybridized carbons (Fsp3) is 0.650. The molecule has 1 N–H and O–H groups in total. The molecule has 4 saturated carbocycles. The van der Waals surface area contributed by atoms with E-state index in [2.05, 4.69) is 5.32 Å². The van der Waals surface area contributed by atoms with Gasteiger partial charge >= 0.3 is 0 Å². The number of sulfonamides is 1. The first kappa shape index (κ1) is 17.8. The summed E-state index contributed by atoms with van der Waals surface area (Å²) in [4.78, 5) is 13.2. The van der Waals surface area contributed by atoms with Crippen molar-refractivity contribution in [2.24, 2.45) is 23.2 Å². The second-order valence-electron chi connectivity index (χ2n) is 9.06. The minimum Gasteiger partial charge on any atom is -0.324 e. The smallest absolute Gasteiger partial charge is 0.235 e. The van der Waals surface area contributed by atoms with Crippen LogP contribution in [0.25, 0.3) is 0 Å². The topological polar surface area (TPSA) is 66.5 Å². The molecule has 146 valence electrons. The third-order valence-electron chi connectivity index (χ3n) is 7.11. The first-order valence-electron chi connectivity index (χ1n) is 9.96. The summed E-state index contributed by atoms with van der Waals surface area (Å²) < 4.78 is 25.6. The third-order valence-corrected chi connectivity index (χ3v) is 9.29. The molecule has 6 rings (SSSR count). The number of carbonyl (C=O) groups is 1. The van der Waals surface area contributed by atoms with Gasteiger partial charge in [0.25, 0.3) is 0 Å². The predicted octanol–water partition coefficient (Wildman–Crippen LogP) is 4.03. The summed E-state index contributed by atoms with van der Waals surface area (Å²) in [7, 11) is -3.24. The lowest BCUT2D eigenvalue weighted by atomic mass is 9.49. The molecular weight excluding hydrogens is 384 g/mol. The lowest BCUT2D eigenvalue weighted by Crippen LogP contribution is -2.51. The van der Waals surface area contributed by atoms with Gasteiger partial charge in [0.05, 0.1) is 27.6 Å². The zero-order valence-electron chi connectivity index (χ0n) is 15.3. The number of nitrogens with one attached hydrogen (secondary N) is 1. The van der Waals surface area contributed by atoms with E-state index in [1.807, 2.05) is 0 Å². The minimum absolute atomic E-state index is 0.102. The van der Waals surface area contributed by atoms with Gasteiger partial charge in [0.1, 0.15) is 0 Å². The average molecular weight is 409 g/mol. The van der Waals surface area contributed by atoms with E-state index in [0.29, 0.717) is 47.1 Å². The number of hydrogen-bond donors (Lipinski definition) is 1. The van der Waals surface area contributed by atoms with Gasteiger partial charge in [0.15, 0.2) is 0 Å². The Morgan fingerprint density at radius 3 is 2.26 bits per heavy atom. The van der Waals surface area contributed by atoms with Crippen molar-refractivity contribution in [3.63, 3.8) is 0 Å². The number of nitrogens with zero attached hydrogens (tertiary/aromatic N) is 1. The van der Waals surface area contributed by atoms with E-state index in [1.165, 1.54) is 23.6 Å². The highest BCUT2D eigenvalue weighted by atomic mass is 35.5. The maximum Gasteiger partial charge on any atom is 0.235 e. The van der Waals surface area contributed by atoms with Gasteiger partial charge in [0.2, 0.25) is 15.9 Å². The molecule has 0 atom stereocenters. The number of anilines is 2. The second kappa shape index (κ2) is 6.11. The SMILES string of the molecule is O=C(Nc1ccc(N2CCCS2(=O)=O)cc1Cl)C12CC3CC(CC(C3)C1)C2. The summed E-state index contributed by atoms with van der Waals surface area (Å²) in [5.41, 5.74) is 0.928. The average Bonchev–Trinajstić information content (AvgIpc) is 2.94. The Hall–Kier alpha value is -1.27. The van der Waals surface area contributed by atoms with Crippen LogP contribution in [-0.2, 0) is 14.8 Å². The van der Waals surface area contributed by atoms with Crippen molar-refractivity contribution in [3.05, 3.63) is 23.2 Å². The molecule has 1 saturated heterocycles. The van der Waals surface area contributed by atoms with Gasteiger partial charge in [0, 0.05) is 6.54 Å². The van der Waals surface area contributed by atoms with Crippen LogP contribution >= 0.6 is 11.6 Å². The molecule has 0 aromatic heterocycles. The molecule has 1 aromatic carbocycles. The quantitative estimate of drug-likeness (QED) is 0.820. The van der Waals surface area contributed by atoms with Gasteiger partial charge in [-0.15, -0.1) is 0 Å². The summed E-state index contributed by atoms with van der Waals surface area (Å²) in [5, 5.41) is 3.46. The Labute approximate surface area is 165 Å². The molecule has 27 heavy (non-hydrogen) atoms. The molecule has 5 nitrogen and oxygen atoms in total. The largest absolute Gasteiger partial charge is 0.324 e. The van der Waals surface area contributed by atoms with Gasteiger partial charge in [-0.1, -0.05) is 11.6 Å². The van der Waals surface area contributed by atoms with Crippen LogP contribution in [0, 0.1) is 23.2 Å². The van der Waals surface area contributed by atoms with Crippen molar-refractivity contribution in [2.75, 3.05) is 21.9 Å². The molecule has 1 heterocycles. The van der Waals surface area contributed by atoms with Gasteiger partial charge in [-0.3, -0.25) is 9.10 Å². The fourth-order valence-corrected chi connectivity index (χ4v) is 8.11. The normalized spacial score (nSPS) is 36.2. The van der Waals surface area contributed by atoms with Crippen molar-refractivity contribution in [3.8, 4) is 0 Å². The van der Waals surface area contributed by atoms with Gasteiger partial charge in [-0.2, -0.15) is 0 Å². The predicted molar refractivity (Wildman–Crippen MR) is 106 cm³/mol. The Balaban J connectivity index is 1.36. The number of benzene rings is 1. The van der Waals surface area contributed by atoms with Gasteiger partial charge in [-0.05, 0) is 80.9 Å². The van der Waals surface area contributed by atoms with Crippen molar-refractivity contribution < 1.29 is 13.2 Å². The maximum absolute atomic E-state index is 13.2. The van der Waals surface area contributed by atoms with E-state index < -0.39 is 10.0 Å². The van der Waals surface area contributed by atoms with Crippen molar-refractivity contribution in [2.45, 2.75) is 44.9 Å². The van der Waals surface area contributed by atoms with E-state index >= 15 is 0 Å². The monoisotopic (exact) mass is 408 g/mol. The van der Waals surface area contributed by atoms with Crippen molar-refractivity contribution >= 4 is 38.9 Å². The van der Waals surface area contributed by atoms with Crippen LogP contribution in [0.4, 0.5) is 11.4 Å². The van der Waals surface area contributed by atoms with E-state index in [9.17, 15) is 13.2 Å². The first-order valence-corrected chi connectivity index (χ1v) is 11.9. The highest BCUT2D eigenvalue weighted by molar-refractivity contribution is 7.93. The van der Waals surface area contributed by atoms with Gasteiger partial charge in [-0.25, -0.2) is 8.42 Å². The molecule has 1 amide bonds. The van der Waals surface area contributed by atoms with E-state index in [4.69, 9.17) is 11.6 Å². The van der Waals surface area contributed by atoms with Gasteiger partial charge < -0.3 is 5.32 Å². The molecule has 5 aliphatic rings. The summed E-state index contributed by atoms with van der Waals surface area (Å²) in [6, 6.07) is 5.13. The molecule has 0 spiro atoms. The van der Waals surface area contributed by atoms with Crippen LogP contribution in [0.15, 0.2) is 18.2 Å². The number of carbonyl (C=O) groups excluding carboxylic acids is 1. The summed E-state index contributed by atoms with van der Waals surface area (Å²) in [5.74, 6) is 2.40. The molecule has 0 unspecified atom stereocenters. The van der Waals surface area contributed by atoms with E-state index in [-0.39, 0.29) is 17.1 Å². The van der Waals surface area contributed by atoms with Crippen molar-refractivity contribution in [1.82, 2.24) is 0 Å². The summed E-state index contributed by atoms with van der Waals surface area (Å²) in [6.45, 7) is 0.484. The van der Waals surface area contributed by atoms with Crippen LogP contribution in [0.2, 0.25) is 5.02 Å². The molecule has 4 bridgehead atoms. The fourth-order valence-electron chi connectivity index (χ4n) is 6.33. The minimum atomic E-state index is -3.24. The maximum atomic E-state index is 13.2. The standard InChI is InChI=1S/C20H25ClN2O3S/c21-17-9-16(23-4-1-5-27(23,25)26)2-3-18(17)22-19(24)20-10-13-6-14(11-20)8-15(7-13)12-20/h2-3,9,13-15H,1,4-8,10-12H2,(H,22,24). The second-order valence-corrected chi connectivity index (χ2v) is 11.5.